The second kappa shape index (κ2) is 9.94. The normalized spacial score (nSPS) is 16.4. The lowest BCUT2D eigenvalue weighted by Crippen LogP contribution is -2.41. The summed E-state index contributed by atoms with van der Waals surface area (Å²) in [5.74, 6) is -2.82. The van der Waals surface area contributed by atoms with Gasteiger partial charge in [0.1, 0.15) is 11.5 Å². The predicted octanol–water partition coefficient (Wildman–Crippen LogP) is 1.97. The average molecular weight is 472 g/mol. The zero-order valence-corrected chi connectivity index (χ0v) is 17.1. The van der Waals surface area contributed by atoms with Crippen LogP contribution >= 0.6 is 0 Å². The first-order valence-electron chi connectivity index (χ1n) is 9.81. The van der Waals surface area contributed by atoms with E-state index in [4.69, 9.17) is 15.0 Å². The quantitative estimate of drug-likeness (QED) is 0.494. The van der Waals surface area contributed by atoms with Gasteiger partial charge in [0, 0.05) is 19.6 Å². The summed E-state index contributed by atoms with van der Waals surface area (Å²) in [5.41, 5.74) is 1.62. The van der Waals surface area contributed by atoms with Gasteiger partial charge in [-0.1, -0.05) is 5.21 Å². The lowest BCUT2D eigenvalue weighted by atomic mass is 9.98. The number of carbonyl (C=O) groups excluding carboxylic acids is 1. The molecule has 33 heavy (non-hydrogen) atoms. The minimum atomic E-state index is -5.08. The van der Waals surface area contributed by atoms with Crippen molar-refractivity contribution in [2.75, 3.05) is 13.1 Å². The molecule has 2 aromatic heterocycles. The number of carbonyl (C=O) groups is 2. The van der Waals surface area contributed by atoms with E-state index in [1.165, 1.54) is 12.1 Å². The van der Waals surface area contributed by atoms with Crippen molar-refractivity contribution in [1.82, 2.24) is 29.9 Å². The molecule has 1 unspecified atom stereocenters. The first-order chi connectivity index (χ1) is 15.6. The summed E-state index contributed by atoms with van der Waals surface area (Å²) in [7, 11) is 0. The molecule has 4 rings (SSSR count). The molecule has 0 radical (unpaired) electrons. The molecule has 0 saturated carbocycles. The van der Waals surface area contributed by atoms with E-state index in [0.29, 0.717) is 36.4 Å². The number of halogens is 4. The zero-order valence-electron chi connectivity index (χ0n) is 17.1. The maximum absolute atomic E-state index is 13.3. The lowest BCUT2D eigenvalue weighted by Gasteiger charge is -2.32. The molecule has 1 aliphatic rings. The van der Waals surface area contributed by atoms with E-state index in [-0.39, 0.29) is 30.1 Å². The standard InChI is InChI=1S/C17H19FN6O2.C2HF3O2/c18-12-3-4-14-15(6-12)20-16(19-14)17(26)23-5-1-2-11(7-23)8-24-9-13(10-25)21-22-24;3-2(4,5)1(6)7/h3-4,6,9,11,25H,1-2,5,7-8,10H2,(H,19,20);(H,6,7). The van der Waals surface area contributed by atoms with Gasteiger partial charge in [-0.15, -0.1) is 5.10 Å². The van der Waals surface area contributed by atoms with Crippen LogP contribution in [0.4, 0.5) is 17.6 Å². The predicted molar refractivity (Wildman–Crippen MR) is 104 cm³/mol. The fourth-order valence-corrected chi connectivity index (χ4v) is 3.40. The first-order valence-corrected chi connectivity index (χ1v) is 9.81. The first kappa shape index (κ1) is 24.1. The van der Waals surface area contributed by atoms with Crippen molar-refractivity contribution in [1.29, 1.82) is 0 Å². The molecule has 0 aliphatic carbocycles. The van der Waals surface area contributed by atoms with Crippen LogP contribution in [0, 0.1) is 11.7 Å². The van der Waals surface area contributed by atoms with Gasteiger partial charge in [-0.05, 0) is 37.0 Å². The fraction of sp³-hybridized carbons (Fsp3) is 0.421. The Morgan fingerprint density at radius 2 is 2.00 bits per heavy atom. The molecule has 1 atom stereocenters. The summed E-state index contributed by atoms with van der Waals surface area (Å²) >= 11 is 0. The number of aliphatic hydroxyl groups is 1. The van der Waals surface area contributed by atoms with E-state index >= 15 is 0 Å². The highest BCUT2D eigenvalue weighted by atomic mass is 19.4. The summed E-state index contributed by atoms with van der Waals surface area (Å²) < 4.78 is 46.8. The van der Waals surface area contributed by atoms with Gasteiger partial charge in [0.2, 0.25) is 0 Å². The number of piperidine rings is 1. The molecule has 3 aromatic rings. The number of aromatic nitrogens is 5. The number of fused-ring (bicyclic) bond motifs is 1. The number of benzene rings is 1. The van der Waals surface area contributed by atoms with Gasteiger partial charge < -0.3 is 20.1 Å². The van der Waals surface area contributed by atoms with Gasteiger partial charge in [0.05, 0.1) is 23.8 Å². The molecular weight excluding hydrogens is 452 g/mol. The van der Waals surface area contributed by atoms with Crippen LogP contribution in [0.3, 0.4) is 0 Å². The molecule has 3 N–H and O–H groups in total. The SMILES string of the molecule is O=C(O)C(F)(F)F.O=C(c1nc2ccc(F)cc2[nH]1)N1CCCC(Cn2cc(CO)nn2)C1. The highest BCUT2D eigenvalue weighted by Crippen LogP contribution is 2.21. The van der Waals surface area contributed by atoms with Gasteiger partial charge in [-0.3, -0.25) is 9.48 Å². The molecule has 10 nitrogen and oxygen atoms in total. The Kier molecular flexibility index (Phi) is 7.26. The number of nitrogens with zero attached hydrogens (tertiary/aromatic N) is 5. The van der Waals surface area contributed by atoms with Crippen molar-refractivity contribution >= 4 is 22.9 Å². The van der Waals surface area contributed by atoms with Crippen LogP contribution < -0.4 is 0 Å². The number of hydrogen-bond acceptors (Lipinski definition) is 6. The molecule has 1 aliphatic heterocycles. The summed E-state index contributed by atoms with van der Waals surface area (Å²) in [5, 5.41) is 24.1. The summed E-state index contributed by atoms with van der Waals surface area (Å²) in [4.78, 5) is 30.6. The van der Waals surface area contributed by atoms with Crippen molar-refractivity contribution < 1.29 is 37.4 Å². The Bertz CT molecular complexity index is 1130. The third-order valence-corrected chi connectivity index (χ3v) is 4.89. The molecule has 0 bridgehead atoms. The molecule has 14 heteroatoms. The second-order valence-corrected chi connectivity index (χ2v) is 7.40. The number of imidazole rings is 1. The highest BCUT2D eigenvalue weighted by molar-refractivity contribution is 5.94. The maximum atomic E-state index is 13.3. The molecule has 0 spiro atoms. The third-order valence-electron chi connectivity index (χ3n) is 4.89. The summed E-state index contributed by atoms with van der Waals surface area (Å²) in [6.45, 7) is 1.77. The second-order valence-electron chi connectivity index (χ2n) is 7.40. The lowest BCUT2D eigenvalue weighted by molar-refractivity contribution is -0.192. The Morgan fingerprint density at radius 1 is 1.27 bits per heavy atom. The van der Waals surface area contributed by atoms with Crippen LogP contribution in [-0.4, -0.2) is 71.2 Å². The van der Waals surface area contributed by atoms with Gasteiger partial charge in [0.25, 0.3) is 5.91 Å². The van der Waals surface area contributed by atoms with E-state index in [9.17, 15) is 22.4 Å². The van der Waals surface area contributed by atoms with Crippen LogP contribution in [0.1, 0.15) is 29.2 Å². The van der Waals surface area contributed by atoms with Gasteiger partial charge in [0.15, 0.2) is 5.82 Å². The molecular formula is C19H20F4N6O4. The van der Waals surface area contributed by atoms with Crippen molar-refractivity contribution in [3.63, 3.8) is 0 Å². The number of H-pyrrole nitrogens is 1. The van der Waals surface area contributed by atoms with E-state index in [2.05, 4.69) is 20.3 Å². The van der Waals surface area contributed by atoms with Crippen LogP contribution in [0.2, 0.25) is 0 Å². The number of aliphatic hydroxyl groups excluding tert-OH is 1. The monoisotopic (exact) mass is 472 g/mol. The molecule has 3 heterocycles. The smallest absolute Gasteiger partial charge is 0.475 e. The van der Waals surface area contributed by atoms with Crippen LogP contribution in [0.5, 0.6) is 0 Å². The largest absolute Gasteiger partial charge is 0.490 e. The fourth-order valence-electron chi connectivity index (χ4n) is 3.40. The number of amides is 1. The Labute approximate surface area is 183 Å². The average Bonchev–Trinajstić information content (AvgIpc) is 3.39. The van der Waals surface area contributed by atoms with E-state index in [1.54, 1.807) is 21.8 Å². The number of carboxylic acid groups (broad SMARTS) is 1. The van der Waals surface area contributed by atoms with Crippen molar-refractivity contribution in [2.24, 2.45) is 5.92 Å². The van der Waals surface area contributed by atoms with E-state index < -0.39 is 12.1 Å². The number of likely N-dealkylation sites (tertiary alicyclic amines) is 1. The topological polar surface area (TPSA) is 137 Å². The van der Waals surface area contributed by atoms with Gasteiger partial charge >= 0.3 is 12.1 Å². The number of hydrogen-bond donors (Lipinski definition) is 3. The van der Waals surface area contributed by atoms with Crippen LogP contribution in [-0.2, 0) is 17.9 Å². The number of rotatable bonds is 4. The summed E-state index contributed by atoms with van der Waals surface area (Å²) in [6.07, 6.45) is -1.48. The number of aromatic amines is 1. The van der Waals surface area contributed by atoms with Gasteiger partial charge in [-0.25, -0.2) is 14.2 Å². The number of aliphatic carboxylic acids is 1. The number of carboxylic acids is 1. The Hall–Kier alpha value is -3.55. The molecule has 1 amide bonds. The third kappa shape index (κ3) is 6.25. The summed E-state index contributed by atoms with van der Waals surface area (Å²) in [6, 6.07) is 4.22. The maximum Gasteiger partial charge on any atom is 0.490 e. The van der Waals surface area contributed by atoms with Crippen LogP contribution in [0.25, 0.3) is 11.0 Å². The molecule has 178 valence electrons. The van der Waals surface area contributed by atoms with Crippen molar-refractivity contribution in [3.05, 3.63) is 41.7 Å². The van der Waals surface area contributed by atoms with Crippen molar-refractivity contribution in [3.8, 4) is 0 Å². The molecule has 1 fully saturated rings. The van der Waals surface area contributed by atoms with E-state index in [0.717, 1.165) is 12.8 Å². The van der Waals surface area contributed by atoms with Crippen LogP contribution in [0.15, 0.2) is 24.4 Å². The minimum Gasteiger partial charge on any atom is -0.475 e. The minimum absolute atomic E-state index is 0.137. The highest BCUT2D eigenvalue weighted by Gasteiger charge is 2.38. The zero-order chi connectivity index (χ0) is 24.2. The number of alkyl halides is 3. The Balaban J connectivity index is 0.000000383. The number of nitrogens with one attached hydrogen (secondary N) is 1. The van der Waals surface area contributed by atoms with Gasteiger partial charge in [-0.2, -0.15) is 13.2 Å². The molecule has 1 aromatic carbocycles. The Morgan fingerprint density at radius 3 is 2.64 bits per heavy atom. The van der Waals surface area contributed by atoms with E-state index in [1.807, 2.05) is 0 Å². The van der Waals surface area contributed by atoms with Crippen molar-refractivity contribution in [2.45, 2.75) is 32.2 Å². The molecule has 1 saturated heterocycles.